The summed E-state index contributed by atoms with van der Waals surface area (Å²) in [5.41, 5.74) is 0.553. The van der Waals surface area contributed by atoms with Crippen LogP contribution in [0.2, 0.25) is 0 Å². The van der Waals surface area contributed by atoms with E-state index >= 15 is 0 Å². The minimum Gasteiger partial charge on any atom is -0.477 e. The van der Waals surface area contributed by atoms with Crippen molar-refractivity contribution in [2.75, 3.05) is 0 Å². The minimum absolute atomic E-state index is 0.166. The predicted molar refractivity (Wildman–Crippen MR) is 50.8 cm³/mol. The number of Topliss-reactive ketones (excluding diaryl/α,β-unsaturated/α-hetero) is 1. The van der Waals surface area contributed by atoms with E-state index in [0.717, 1.165) is 5.01 Å². The summed E-state index contributed by atoms with van der Waals surface area (Å²) >= 11 is 1.19. The summed E-state index contributed by atoms with van der Waals surface area (Å²) in [5.74, 6) is -0.532. The standard InChI is InChI=1S/C9H9NO3S/c1-4-7(9(12)13)14-8(10-4)5-2-6(11)3-5/h5H,2-3H2,1H3,(H,12,13). The van der Waals surface area contributed by atoms with Crippen molar-refractivity contribution in [2.45, 2.75) is 25.7 Å². The molecule has 74 valence electrons. The molecule has 0 amide bonds. The molecular weight excluding hydrogens is 202 g/mol. The molecule has 2 rings (SSSR count). The molecular formula is C9H9NO3S. The van der Waals surface area contributed by atoms with E-state index in [9.17, 15) is 9.59 Å². The molecule has 1 aromatic heterocycles. The Morgan fingerprint density at radius 2 is 2.21 bits per heavy atom. The third-order valence-corrected chi connectivity index (χ3v) is 3.61. The van der Waals surface area contributed by atoms with Crippen LogP contribution in [0, 0.1) is 6.92 Å². The quantitative estimate of drug-likeness (QED) is 0.806. The summed E-state index contributed by atoms with van der Waals surface area (Å²) in [6, 6.07) is 0. The number of hydrogen-bond donors (Lipinski definition) is 1. The fourth-order valence-corrected chi connectivity index (χ4v) is 2.46. The van der Waals surface area contributed by atoms with Gasteiger partial charge in [-0.1, -0.05) is 0 Å². The normalized spacial score (nSPS) is 16.8. The van der Waals surface area contributed by atoms with Crippen molar-refractivity contribution in [2.24, 2.45) is 0 Å². The monoisotopic (exact) mass is 211 g/mol. The molecule has 1 heterocycles. The number of hydrogen-bond acceptors (Lipinski definition) is 4. The van der Waals surface area contributed by atoms with Crippen LogP contribution in [0.25, 0.3) is 0 Å². The second-order valence-electron chi connectivity index (χ2n) is 3.42. The SMILES string of the molecule is Cc1nc(C2CC(=O)C2)sc1C(=O)O. The maximum Gasteiger partial charge on any atom is 0.347 e. The third-order valence-electron chi connectivity index (χ3n) is 2.30. The van der Waals surface area contributed by atoms with Gasteiger partial charge in [0.05, 0.1) is 10.7 Å². The number of rotatable bonds is 2. The molecule has 0 aromatic carbocycles. The number of aryl methyl sites for hydroxylation is 1. The predicted octanol–water partition coefficient (Wildman–Crippen LogP) is 1.60. The van der Waals surface area contributed by atoms with Crippen LogP contribution in [0.15, 0.2) is 0 Å². The molecule has 0 spiro atoms. The van der Waals surface area contributed by atoms with Crippen molar-refractivity contribution in [3.8, 4) is 0 Å². The van der Waals surface area contributed by atoms with E-state index in [0.29, 0.717) is 23.4 Å². The van der Waals surface area contributed by atoms with Crippen LogP contribution < -0.4 is 0 Å². The maximum atomic E-state index is 10.8. The first-order valence-corrected chi connectivity index (χ1v) is 5.12. The first kappa shape index (κ1) is 9.33. The van der Waals surface area contributed by atoms with Crippen molar-refractivity contribution < 1.29 is 14.7 Å². The Morgan fingerprint density at radius 1 is 1.57 bits per heavy atom. The zero-order valence-corrected chi connectivity index (χ0v) is 8.43. The van der Waals surface area contributed by atoms with Crippen LogP contribution in [0.5, 0.6) is 0 Å². The van der Waals surface area contributed by atoms with Gasteiger partial charge in [-0.15, -0.1) is 11.3 Å². The first-order valence-electron chi connectivity index (χ1n) is 4.30. The molecule has 1 N–H and O–H groups in total. The van der Waals surface area contributed by atoms with Crippen LogP contribution in [0.4, 0.5) is 0 Å². The number of carbonyl (C=O) groups is 2. The number of aromatic carboxylic acids is 1. The molecule has 4 nitrogen and oxygen atoms in total. The molecule has 0 aliphatic heterocycles. The lowest BCUT2D eigenvalue weighted by atomic mass is 9.85. The molecule has 1 aliphatic rings. The van der Waals surface area contributed by atoms with Gasteiger partial charge in [0, 0.05) is 18.8 Å². The number of carboxylic acid groups (broad SMARTS) is 1. The van der Waals surface area contributed by atoms with Gasteiger partial charge < -0.3 is 5.11 Å². The highest BCUT2D eigenvalue weighted by atomic mass is 32.1. The van der Waals surface area contributed by atoms with Crippen molar-refractivity contribution >= 4 is 23.1 Å². The Kier molecular flexibility index (Phi) is 2.11. The van der Waals surface area contributed by atoms with Crippen molar-refractivity contribution in [3.05, 3.63) is 15.6 Å². The van der Waals surface area contributed by atoms with Gasteiger partial charge in [-0.2, -0.15) is 0 Å². The molecule has 0 radical (unpaired) electrons. The molecule has 0 bridgehead atoms. The number of nitrogens with zero attached hydrogens (tertiary/aromatic N) is 1. The largest absolute Gasteiger partial charge is 0.477 e. The zero-order chi connectivity index (χ0) is 10.3. The van der Waals surface area contributed by atoms with Crippen molar-refractivity contribution in [3.63, 3.8) is 0 Å². The van der Waals surface area contributed by atoms with E-state index in [1.165, 1.54) is 11.3 Å². The van der Waals surface area contributed by atoms with Gasteiger partial charge in [-0.05, 0) is 6.92 Å². The van der Waals surface area contributed by atoms with E-state index in [1.54, 1.807) is 6.92 Å². The Labute approximate surface area is 84.6 Å². The smallest absolute Gasteiger partial charge is 0.347 e. The van der Waals surface area contributed by atoms with Gasteiger partial charge in [-0.25, -0.2) is 9.78 Å². The topological polar surface area (TPSA) is 67.3 Å². The molecule has 1 aromatic rings. The highest BCUT2D eigenvalue weighted by molar-refractivity contribution is 7.13. The van der Waals surface area contributed by atoms with E-state index in [-0.39, 0.29) is 11.7 Å². The Bertz CT molecular complexity index is 402. The zero-order valence-electron chi connectivity index (χ0n) is 7.61. The Morgan fingerprint density at radius 3 is 2.64 bits per heavy atom. The number of carboxylic acids is 1. The number of ketones is 1. The molecule has 14 heavy (non-hydrogen) atoms. The second kappa shape index (κ2) is 3.16. The van der Waals surface area contributed by atoms with Crippen LogP contribution in [0.3, 0.4) is 0 Å². The van der Waals surface area contributed by atoms with E-state index in [2.05, 4.69) is 4.98 Å². The summed E-state index contributed by atoms with van der Waals surface area (Å²) < 4.78 is 0. The van der Waals surface area contributed by atoms with Crippen LogP contribution in [0.1, 0.15) is 39.1 Å². The fourth-order valence-electron chi connectivity index (χ4n) is 1.45. The Balaban J connectivity index is 2.24. The average molecular weight is 211 g/mol. The van der Waals surface area contributed by atoms with Crippen LogP contribution in [-0.4, -0.2) is 21.8 Å². The molecule has 1 aliphatic carbocycles. The van der Waals surface area contributed by atoms with Crippen LogP contribution in [-0.2, 0) is 4.79 Å². The number of carbonyl (C=O) groups excluding carboxylic acids is 1. The minimum atomic E-state index is -0.933. The summed E-state index contributed by atoms with van der Waals surface area (Å²) in [5, 5.41) is 9.60. The average Bonchev–Trinajstić information content (AvgIpc) is 2.41. The highest BCUT2D eigenvalue weighted by Gasteiger charge is 2.31. The molecule has 5 heteroatoms. The van der Waals surface area contributed by atoms with Gasteiger partial charge in [0.2, 0.25) is 0 Å². The van der Waals surface area contributed by atoms with Gasteiger partial charge in [0.15, 0.2) is 0 Å². The summed E-state index contributed by atoms with van der Waals surface area (Å²) in [6.45, 7) is 1.68. The van der Waals surface area contributed by atoms with Gasteiger partial charge in [0.25, 0.3) is 0 Å². The molecule has 1 fully saturated rings. The van der Waals surface area contributed by atoms with Gasteiger partial charge in [0.1, 0.15) is 10.7 Å². The fraction of sp³-hybridized carbons (Fsp3) is 0.444. The highest BCUT2D eigenvalue weighted by Crippen LogP contribution is 2.36. The van der Waals surface area contributed by atoms with Gasteiger partial charge >= 0.3 is 5.97 Å². The second-order valence-corrected chi connectivity index (χ2v) is 4.45. The van der Waals surface area contributed by atoms with E-state index < -0.39 is 5.97 Å². The maximum absolute atomic E-state index is 10.8. The van der Waals surface area contributed by atoms with Gasteiger partial charge in [-0.3, -0.25) is 4.79 Å². The molecule has 0 saturated heterocycles. The molecule has 0 atom stereocenters. The lowest BCUT2D eigenvalue weighted by Gasteiger charge is -2.21. The van der Waals surface area contributed by atoms with Crippen molar-refractivity contribution in [1.29, 1.82) is 0 Å². The van der Waals surface area contributed by atoms with E-state index in [1.807, 2.05) is 0 Å². The van der Waals surface area contributed by atoms with E-state index in [4.69, 9.17) is 5.11 Å². The Hall–Kier alpha value is -1.23. The molecule has 0 unspecified atom stereocenters. The summed E-state index contributed by atoms with van der Waals surface area (Å²) in [7, 11) is 0. The lowest BCUT2D eigenvalue weighted by Crippen LogP contribution is -2.20. The van der Waals surface area contributed by atoms with Crippen molar-refractivity contribution in [1.82, 2.24) is 4.98 Å². The number of aromatic nitrogens is 1. The van der Waals surface area contributed by atoms with Crippen LogP contribution >= 0.6 is 11.3 Å². The first-order chi connectivity index (χ1) is 6.58. The summed E-state index contributed by atoms with van der Waals surface area (Å²) in [4.78, 5) is 26.0. The lowest BCUT2D eigenvalue weighted by molar-refractivity contribution is -0.124. The molecule has 1 saturated carbocycles. The third kappa shape index (κ3) is 1.43. The summed E-state index contributed by atoms with van der Waals surface area (Å²) in [6.07, 6.45) is 1.04. The number of thiazole rings is 1.